The Morgan fingerprint density at radius 2 is 1.84 bits per heavy atom. The van der Waals surface area contributed by atoms with Gasteiger partial charge in [-0.15, -0.1) is 0 Å². The Labute approximate surface area is 113 Å². The molecule has 3 heteroatoms. The number of allylic oxidation sites excluding steroid dienone is 2. The molecule has 1 aromatic carbocycles. The van der Waals surface area contributed by atoms with Crippen LogP contribution in [0.3, 0.4) is 0 Å². The fraction of sp³-hybridized carbons (Fsp3) is 0.250. The van der Waals surface area contributed by atoms with Gasteiger partial charge in [-0.05, 0) is 30.4 Å². The molecule has 98 valence electrons. The van der Waals surface area contributed by atoms with Crippen LogP contribution in [-0.2, 0) is 0 Å². The summed E-state index contributed by atoms with van der Waals surface area (Å²) < 4.78 is 10.3. The Kier molecular flexibility index (Phi) is 6.72. The average Bonchev–Trinajstić information content (AvgIpc) is 2.46. The molecule has 1 rings (SSSR count). The van der Waals surface area contributed by atoms with Crippen LogP contribution in [0.25, 0.3) is 0 Å². The molecule has 0 bridgehead atoms. The van der Waals surface area contributed by atoms with E-state index in [2.05, 4.69) is 23.7 Å². The first-order valence-electron chi connectivity index (χ1n) is 5.79. The summed E-state index contributed by atoms with van der Waals surface area (Å²) >= 11 is 0. The molecule has 0 unspecified atom stereocenters. The van der Waals surface area contributed by atoms with E-state index in [0.29, 0.717) is 17.9 Å². The summed E-state index contributed by atoms with van der Waals surface area (Å²) in [4.78, 5) is 0. The van der Waals surface area contributed by atoms with Crippen molar-refractivity contribution in [3.8, 4) is 35.2 Å². The Bertz CT molecular complexity index is 551. The van der Waals surface area contributed by atoms with Crippen molar-refractivity contribution in [3.63, 3.8) is 0 Å². The van der Waals surface area contributed by atoms with Gasteiger partial charge in [0.05, 0.1) is 20.8 Å². The second kappa shape index (κ2) is 8.69. The predicted octanol–water partition coefficient (Wildman–Crippen LogP) is 2.00. The standard InChI is InChI=1S/C16H16O3/c1-18-15-11-10-14(13-16(15)19-2)9-7-5-3-4-6-8-12-17/h3,5,10-11,13,17H,8,12H2,1-2H3/b5-3+. The van der Waals surface area contributed by atoms with Gasteiger partial charge in [-0.1, -0.05) is 23.7 Å². The smallest absolute Gasteiger partial charge is 0.161 e. The molecule has 0 aromatic heterocycles. The fourth-order valence-corrected chi connectivity index (χ4v) is 1.31. The molecule has 0 saturated heterocycles. The highest BCUT2D eigenvalue weighted by Gasteiger charge is 2.02. The van der Waals surface area contributed by atoms with Crippen LogP contribution in [-0.4, -0.2) is 25.9 Å². The molecule has 3 nitrogen and oxygen atoms in total. The Morgan fingerprint density at radius 1 is 1.11 bits per heavy atom. The first-order valence-corrected chi connectivity index (χ1v) is 5.79. The van der Waals surface area contributed by atoms with Gasteiger partial charge in [0.15, 0.2) is 11.5 Å². The topological polar surface area (TPSA) is 38.7 Å². The zero-order chi connectivity index (χ0) is 13.9. The number of hydrogen-bond acceptors (Lipinski definition) is 3. The van der Waals surface area contributed by atoms with Crippen molar-refractivity contribution < 1.29 is 14.6 Å². The number of aliphatic hydroxyl groups is 1. The second-order valence-corrected chi connectivity index (χ2v) is 3.47. The van der Waals surface area contributed by atoms with Crippen molar-refractivity contribution >= 4 is 0 Å². The molecule has 0 amide bonds. The third-order valence-electron chi connectivity index (χ3n) is 2.19. The lowest BCUT2D eigenvalue weighted by Crippen LogP contribution is -1.90. The zero-order valence-electron chi connectivity index (χ0n) is 11.1. The monoisotopic (exact) mass is 256 g/mol. The van der Waals surface area contributed by atoms with Crippen molar-refractivity contribution in [2.75, 3.05) is 20.8 Å². The number of benzene rings is 1. The zero-order valence-corrected chi connectivity index (χ0v) is 11.1. The van der Waals surface area contributed by atoms with Crippen molar-refractivity contribution in [1.82, 2.24) is 0 Å². The Balaban J connectivity index is 2.71. The first kappa shape index (κ1) is 14.7. The minimum Gasteiger partial charge on any atom is -0.493 e. The maximum Gasteiger partial charge on any atom is 0.161 e. The summed E-state index contributed by atoms with van der Waals surface area (Å²) in [6, 6.07) is 5.49. The van der Waals surface area contributed by atoms with Gasteiger partial charge >= 0.3 is 0 Å². The maximum atomic E-state index is 8.53. The lowest BCUT2D eigenvalue weighted by atomic mass is 10.2. The van der Waals surface area contributed by atoms with Crippen molar-refractivity contribution in [3.05, 3.63) is 35.9 Å². The van der Waals surface area contributed by atoms with E-state index >= 15 is 0 Å². The highest BCUT2D eigenvalue weighted by atomic mass is 16.5. The molecule has 0 atom stereocenters. The molecule has 0 radical (unpaired) electrons. The van der Waals surface area contributed by atoms with E-state index in [1.54, 1.807) is 26.4 Å². The van der Waals surface area contributed by atoms with Crippen LogP contribution < -0.4 is 9.47 Å². The molecule has 0 aliphatic rings. The van der Waals surface area contributed by atoms with Crippen LogP contribution in [0.2, 0.25) is 0 Å². The van der Waals surface area contributed by atoms with E-state index in [-0.39, 0.29) is 6.61 Å². The van der Waals surface area contributed by atoms with Crippen molar-refractivity contribution in [2.24, 2.45) is 0 Å². The number of hydrogen-bond donors (Lipinski definition) is 1. The lowest BCUT2D eigenvalue weighted by molar-refractivity contribution is 0.305. The minimum absolute atomic E-state index is 0.0815. The summed E-state index contributed by atoms with van der Waals surface area (Å²) in [6.45, 7) is 0.0815. The van der Waals surface area contributed by atoms with E-state index in [1.807, 2.05) is 18.2 Å². The first-order chi connectivity index (χ1) is 9.31. The quantitative estimate of drug-likeness (QED) is 0.841. The van der Waals surface area contributed by atoms with Crippen LogP contribution >= 0.6 is 0 Å². The third kappa shape index (κ3) is 5.21. The Hall–Kier alpha value is -2.36. The Morgan fingerprint density at radius 3 is 2.53 bits per heavy atom. The van der Waals surface area contributed by atoms with Gasteiger partial charge in [-0.25, -0.2) is 0 Å². The highest BCUT2D eigenvalue weighted by molar-refractivity contribution is 5.49. The predicted molar refractivity (Wildman–Crippen MR) is 75.0 cm³/mol. The summed E-state index contributed by atoms with van der Waals surface area (Å²) in [6.07, 6.45) is 3.80. The molecule has 0 spiro atoms. The van der Waals surface area contributed by atoms with Gasteiger partial charge in [0.2, 0.25) is 0 Å². The third-order valence-corrected chi connectivity index (χ3v) is 2.19. The summed E-state index contributed by atoms with van der Waals surface area (Å²) in [5.41, 5.74) is 0.839. The number of rotatable bonds is 3. The molecule has 1 aromatic rings. The molecule has 0 aliphatic heterocycles. The SMILES string of the molecule is COc1ccc(C#C/C=C/C#CCCO)cc1OC. The fourth-order valence-electron chi connectivity index (χ4n) is 1.31. The number of ether oxygens (including phenoxy) is 2. The van der Waals surface area contributed by atoms with Crippen molar-refractivity contribution in [1.29, 1.82) is 0 Å². The van der Waals surface area contributed by atoms with Crippen LogP contribution in [0.1, 0.15) is 12.0 Å². The van der Waals surface area contributed by atoms with Gasteiger partial charge in [0.1, 0.15) is 0 Å². The summed E-state index contributed by atoms with van der Waals surface area (Å²) in [7, 11) is 3.18. The van der Waals surface area contributed by atoms with Gasteiger partial charge in [-0.3, -0.25) is 0 Å². The molecule has 0 fully saturated rings. The number of methoxy groups -OCH3 is 2. The molecular formula is C16H16O3. The highest BCUT2D eigenvalue weighted by Crippen LogP contribution is 2.26. The molecule has 0 saturated carbocycles. The largest absolute Gasteiger partial charge is 0.493 e. The number of aliphatic hydroxyl groups excluding tert-OH is 1. The minimum atomic E-state index is 0.0815. The second-order valence-electron chi connectivity index (χ2n) is 3.47. The van der Waals surface area contributed by atoms with Crippen LogP contribution in [0, 0.1) is 23.7 Å². The van der Waals surface area contributed by atoms with Crippen molar-refractivity contribution in [2.45, 2.75) is 6.42 Å². The summed E-state index contributed by atoms with van der Waals surface area (Å²) in [5.74, 6) is 12.7. The molecule has 0 heterocycles. The van der Waals surface area contributed by atoms with E-state index < -0.39 is 0 Å². The van der Waals surface area contributed by atoms with E-state index in [9.17, 15) is 0 Å². The van der Waals surface area contributed by atoms with E-state index in [4.69, 9.17) is 14.6 Å². The van der Waals surface area contributed by atoms with Gasteiger partial charge in [0, 0.05) is 12.0 Å². The lowest BCUT2D eigenvalue weighted by Gasteiger charge is -2.06. The van der Waals surface area contributed by atoms with E-state index in [1.165, 1.54) is 0 Å². The van der Waals surface area contributed by atoms with Crippen LogP contribution in [0.4, 0.5) is 0 Å². The molecular weight excluding hydrogens is 240 g/mol. The van der Waals surface area contributed by atoms with E-state index in [0.717, 1.165) is 5.56 Å². The molecule has 0 aliphatic carbocycles. The summed E-state index contributed by atoms with van der Waals surface area (Å²) in [5, 5.41) is 8.53. The van der Waals surface area contributed by atoms with Crippen LogP contribution in [0.5, 0.6) is 11.5 Å². The normalized spacial score (nSPS) is 9.21. The van der Waals surface area contributed by atoms with Gasteiger partial charge in [-0.2, -0.15) is 0 Å². The van der Waals surface area contributed by atoms with Gasteiger partial charge in [0.25, 0.3) is 0 Å². The molecule has 1 N–H and O–H groups in total. The molecule has 19 heavy (non-hydrogen) atoms. The van der Waals surface area contributed by atoms with Gasteiger partial charge < -0.3 is 14.6 Å². The average molecular weight is 256 g/mol. The van der Waals surface area contributed by atoms with Crippen LogP contribution in [0.15, 0.2) is 30.4 Å². The maximum absolute atomic E-state index is 8.53.